The SMILES string of the molecule is CC[C@H](C(=O)N1CCCC[C@H]1C(=O)OC(CCc1ccc(C)c(C)c1)c1cccc(OCC(=O)CCCOCCCC(=O)COc2cccc3c2C(=O)N(C2CCC(=O)NC2=O)C3=O)c1)c1cc(C)c(OC)c(OC)c1. The largest absolute Gasteiger partial charge is 0.493 e. The van der Waals surface area contributed by atoms with E-state index in [0.29, 0.717) is 67.9 Å². The number of nitrogens with zero attached hydrogens (tertiary/aromatic N) is 2. The van der Waals surface area contributed by atoms with E-state index >= 15 is 0 Å². The molecule has 76 heavy (non-hydrogen) atoms. The fraction of sp³-hybridized carbons (Fsp3) is 0.458. The van der Waals surface area contributed by atoms with Crippen molar-refractivity contribution < 1.29 is 66.8 Å². The summed E-state index contributed by atoms with van der Waals surface area (Å²) in [6.45, 7) is 8.46. The van der Waals surface area contributed by atoms with Crippen LogP contribution < -0.4 is 24.3 Å². The molecule has 3 aliphatic rings. The summed E-state index contributed by atoms with van der Waals surface area (Å²) in [6, 6.07) is 19.9. The van der Waals surface area contributed by atoms with Crippen molar-refractivity contribution in [2.75, 3.05) is 47.2 Å². The Morgan fingerprint density at radius 2 is 1.47 bits per heavy atom. The summed E-state index contributed by atoms with van der Waals surface area (Å²) in [5.74, 6) is -2.45. The van der Waals surface area contributed by atoms with Gasteiger partial charge in [0.2, 0.25) is 17.7 Å². The zero-order valence-electron chi connectivity index (χ0n) is 44.4. The molecule has 1 N–H and O–H groups in total. The van der Waals surface area contributed by atoms with E-state index in [9.17, 15) is 38.4 Å². The molecule has 2 saturated heterocycles. The molecular formula is C59H69N3O14. The lowest BCUT2D eigenvalue weighted by Crippen LogP contribution is -2.54. The van der Waals surface area contributed by atoms with Crippen molar-refractivity contribution in [1.29, 1.82) is 0 Å². The van der Waals surface area contributed by atoms with Crippen molar-refractivity contribution >= 4 is 47.1 Å². The van der Waals surface area contributed by atoms with Gasteiger partial charge in [0.1, 0.15) is 42.9 Å². The van der Waals surface area contributed by atoms with Crippen LogP contribution in [0, 0.1) is 20.8 Å². The predicted octanol–water partition coefficient (Wildman–Crippen LogP) is 8.00. The molecule has 404 valence electrons. The first-order valence-corrected chi connectivity index (χ1v) is 26.2. The van der Waals surface area contributed by atoms with Gasteiger partial charge in [-0.25, -0.2) is 4.79 Å². The molecule has 0 spiro atoms. The standard InChI is InChI=1S/C59H69N3O14/c1-7-45(41-31-38(4)54(72-6)51(33-41)71-5)56(67)61-27-9-8-19-48(61)59(70)76-49(25-23-39-22-21-36(2)37(3)30-39)40-14-10-17-44(32-40)74-34-42(63)15-12-28-73-29-13-16-43(64)35-75-50-20-11-18-46-53(50)58(69)62(57(46)68)47-24-26-52(65)60-55(47)66/h10-11,14,17-18,20-22,30-33,45,47-49H,7-9,12-13,15-16,19,23-29,34-35H2,1-6H3,(H,60,65,66)/t45-,47?,48-,49?/m0/s1. The van der Waals surface area contributed by atoms with Gasteiger partial charge in [0.25, 0.3) is 11.8 Å². The summed E-state index contributed by atoms with van der Waals surface area (Å²) in [4.78, 5) is 108. The van der Waals surface area contributed by atoms with Gasteiger partial charge in [-0.1, -0.05) is 49.4 Å². The molecule has 4 aromatic rings. The van der Waals surface area contributed by atoms with E-state index in [-0.39, 0.29) is 86.5 Å². The van der Waals surface area contributed by atoms with Gasteiger partial charge >= 0.3 is 5.97 Å². The first kappa shape index (κ1) is 56.3. The fourth-order valence-electron chi connectivity index (χ4n) is 10.1. The summed E-state index contributed by atoms with van der Waals surface area (Å²) in [6.07, 6.45) is 4.13. The smallest absolute Gasteiger partial charge is 0.329 e. The Balaban J connectivity index is 0.882. The number of esters is 1. The Kier molecular flexibility index (Phi) is 19.6. The zero-order valence-corrected chi connectivity index (χ0v) is 44.4. The van der Waals surface area contributed by atoms with Gasteiger partial charge in [-0.05, 0) is 142 Å². The van der Waals surface area contributed by atoms with Crippen LogP contribution in [0.1, 0.15) is 144 Å². The van der Waals surface area contributed by atoms with E-state index < -0.39 is 53.7 Å². The minimum absolute atomic E-state index is 0.00578. The number of carbonyl (C=O) groups excluding carboxylic acids is 8. The normalized spacial score (nSPS) is 17.1. The van der Waals surface area contributed by atoms with E-state index in [0.717, 1.165) is 40.0 Å². The second-order valence-corrected chi connectivity index (χ2v) is 19.6. The molecule has 2 fully saturated rings. The number of hydrogen-bond acceptors (Lipinski definition) is 14. The minimum Gasteiger partial charge on any atom is -0.493 e. The summed E-state index contributed by atoms with van der Waals surface area (Å²) in [5, 5.41) is 2.16. The minimum atomic E-state index is -1.12. The van der Waals surface area contributed by atoms with Gasteiger partial charge in [-0.15, -0.1) is 0 Å². The Bertz CT molecular complexity index is 2820. The molecule has 0 bridgehead atoms. The van der Waals surface area contributed by atoms with Crippen molar-refractivity contribution in [3.8, 4) is 23.0 Å². The first-order valence-electron chi connectivity index (χ1n) is 26.2. The molecule has 7 rings (SSSR count). The van der Waals surface area contributed by atoms with Gasteiger partial charge in [0, 0.05) is 39.0 Å². The number of Topliss-reactive ketones (excluding diaryl/α,β-unsaturated/α-hetero) is 2. The van der Waals surface area contributed by atoms with Crippen LogP contribution in [0.4, 0.5) is 0 Å². The number of carbonyl (C=O) groups is 8. The number of ketones is 2. The van der Waals surface area contributed by atoms with Crippen molar-refractivity contribution in [2.45, 2.75) is 129 Å². The second kappa shape index (κ2) is 26.4. The fourth-order valence-corrected chi connectivity index (χ4v) is 10.1. The van der Waals surface area contributed by atoms with E-state index in [1.807, 2.05) is 32.0 Å². The van der Waals surface area contributed by atoms with Crippen molar-refractivity contribution in [1.82, 2.24) is 15.1 Å². The number of piperidine rings is 2. The lowest BCUT2D eigenvalue weighted by atomic mass is 9.91. The second-order valence-electron chi connectivity index (χ2n) is 19.6. The maximum atomic E-state index is 14.5. The van der Waals surface area contributed by atoms with Crippen LogP contribution in [0.15, 0.2) is 72.8 Å². The number of likely N-dealkylation sites (tertiary alicyclic amines) is 1. The average molecular weight is 1040 g/mol. The van der Waals surface area contributed by atoms with Crippen LogP contribution >= 0.6 is 0 Å². The summed E-state index contributed by atoms with van der Waals surface area (Å²) >= 11 is 0. The number of rotatable bonds is 26. The van der Waals surface area contributed by atoms with Gasteiger partial charge < -0.3 is 33.3 Å². The maximum Gasteiger partial charge on any atom is 0.329 e. The van der Waals surface area contributed by atoms with E-state index in [4.69, 9.17) is 28.4 Å². The topological polar surface area (TPSA) is 210 Å². The van der Waals surface area contributed by atoms with Crippen molar-refractivity contribution in [2.24, 2.45) is 0 Å². The van der Waals surface area contributed by atoms with Crippen molar-refractivity contribution in [3.05, 3.63) is 117 Å². The zero-order chi connectivity index (χ0) is 54.5. The number of methoxy groups -OCH3 is 2. The molecule has 0 saturated carbocycles. The quantitative estimate of drug-likeness (QED) is 0.0359. The highest BCUT2D eigenvalue weighted by atomic mass is 16.5. The predicted molar refractivity (Wildman–Crippen MR) is 280 cm³/mol. The molecule has 3 heterocycles. The highest BCUT2D eigenvalue weighted by Crippen LogP contribution is 2.38. The molecule has 17 nitrogen and oxygen atoms in total. The molecular weight excluding hydrogens is 975 g/mol. The molecule has 17 heteroatoms. The molecule has 4 atom stereocenters. The monoisotopic (exact) mass is 1040 g/mol. The summed E-state index contributed by atoms with van der Waals surface area (Å²) < 4.78 is 35.0. The number of aryl methyl sites for hydroxylation is 4. The number of ether oxygens (including phenoxy) is 6. The van der Waals surface area contributed by atoms with Gasteiger partial charge in [-0.2, -0.15) is 0 Å². The number of imide groups is 2. The van der Waals surface area contributed by atoms with E-state index in [1.54, 1.807) is 37.3 Å². The Hall–Kier alpha value is -7.40. The number of hydrogen-bond donors (Lipinski definition) is 1. The van der Waals surface area contributed by atoms with Gasteiger partial charge in [0.15, 0.2) is 23.1 Å². The van der Waals surface area contributed by atoms with E-state index in [1.165, 1.54) is 23.8 Å². The number of amides is 5. The molecule has 5 amide bonds. The van der Waals surface area contributed by atoms with Crippen LogP contribution in [-0.2, 0) is 44.7 Å². The first-order chi connectivity index (χ1) is 36.6. The number of benzene rings is 4. The van der Waals surface area contributed by atoms with Crippen LogP contribution in [0.5, 0.6) is 23.0 Å². The Labute approximate surface area is 443 Å². The molecule has 3 aliphatic heterocycles. The third kappa shape index (κ3) is 13.7. The van der Waals surface area contributed by atoms with E-state index in [2.05, 4.69) is 37.4 Å². The lowest BCUT2D eigenvalue weighted by Gasteiger charge is -2.37. The third-order valence-electron chi connectivity index (χ3n) is 14.3. The average Bonchev–Trinajstić information content (AvgIpc) is 3.69. The molecule has 0 radical (unpaired) electrons. The highest BCUT2D eigenvalue weighted by Gasteiger charge is 2.46. The Morgan fingerprint density at radius 1 is 0.737 bits per heavy atom. The van der Waals surface area contributed by atoms with Gasteiger partial charge in [-0.3, -0.25) is 43.8 Å². The Morgan fingerprint density at radius 3 is 2.17 bits per heavy atom. The van der Waals surface area contributed by atoms with Crippen LogP contribution in [-0.4, -0.2) is 116 Å². The number of fused-ring (bicyclic) bond motifs is 1. The van der Waals surface area contributed by atoms with Gasteiger partial charge in [0.05, 0.1) is 31.3 Å². The molecule has 0 aliphatic carbocycles. The van der Waals surface area contributed by atoms with Crippen molar-refractivity contribution in [3.63, 3.8) is 0 Å². The summed E-state index contributed by atoms with van der Waals surface area (Å²) in [7, 11) is 3.15. The maximum absolute atomic E-state index is 14.5. The molecule has 0 aromatic heterocycles. The summed E-state index contributed by atoms with van der Waals surface area (Å²) in [5.41, 5.74) is 5.81. The van der Waals surface area contributed by atoms with Crippen LogP contribution in [0.2, 0.25) is 0 Å². The lowest BCUT2D eigenvalue weighted by molar-refractivity contribution is -0.162. The highest BCUT2D eigenvalue weighted by molar-refractivity contribution is 6.24. The number of nitrogens with one attached hydrogen (secondary N) is 1. The molecule has 2 unspecified atom stereocenters. The van der Waals surface area contributed by atoms with Crippen LogP contribution in [0.3, 0.4) is 0 Å². The third-order valence-corrected chi connectivity index (χ3v) is 14.3. The molecule has 4 aromatic carbocycles. The van der Waals surface area contributed by atoms with Crippen LogP contribution in [0.25, 0.3) is 0 Å².